The summed E-state index contributed by atoms with van der Waals surface area (Å²) in [4.78, 5) is 14.9. The molecule has 2 unspecified atom stereocenters. The van der Waals surface area contributed by atoms with E-state index >= 15 is 0 Å². The number of carbonyl (C=O) groups is 1. The van der Waals surface area contributed by atoms with Gasteiger partial charge in [0.2, 0.25) is 5.91 Å². The highest BCUT2D eigenvalue weighted by molar-refractivity contribution is 8.00. The maximum Gasteiger partial charge on any atom is 0.235 e. The molecule has 1 saturated heterocycles. The fraction of sp³-hybridized carbons (Fsp3) is 0.462. The quantitative estimate of drug-likeness (QED) is 0.867. The van der Waals surface area contributed by atoms with Crippen LogP contribution in [0.15, 0.2) is 29.2 Å². The van der Waals surface area contributed by atoms with Gasteiger partial charge in [-0.2, -0.15) is 0 Å². The molecule has 0 saturated carbocycles. The highest BCUT2D eigenvalue weighted by Gasteiger charge is 2.28. The number of halogens is 1. The van der Waals surface area contributed by atoms with Crippen LogP contribution in [0.5, 0.6) is 0 Å². The van der Waals surface area contributed by atoms with Crippen molar-refractivity contribution < 1.29 is 9.90 Å². The first-order valence-electron chi connectivity index (χ1n) is 5.95. The predicted octanol–water partition coefficient (Wildman–Crippen LogP) is 2.41. The monoisotopic (exact) mass is 285 g/mol. The predicted molar refractivity (Wildman–Crippen MR) is 74.0 cm³/mol. The number of carbonyl (C=O) groups excluding carboxylic acids is 1. The van der Waals surface area contributed by atoms with Crippen LogP contribution in [0, 0.1) is 0 Å². The molecular formula is C13H16ClNO2S. The molecule has 5 heteroatoms. The van der Waals surface area contributed by atoms with Crippen molar-refractivity contribution in [1.82, 2.24) is 4.90 Å². The summed E-state index contributed by atoms with van der Waals surface area (Å²) in [6, 6.07) is 7.46. The minimum atomic E-state index is -0.360. The van der Waals surface area contributed by atoms with E-state index in [-0.39, 0.29) is 17.3 Å². The lowest BCUT2D eigenvalue weighted by molar-refractivity contribution is -0.129. The summed E-state index contributed by atoms with van der Waals surface area (Å²) >= 11 is 7.34. The van der Waals surface area contributed by atoms with E-state index in [2.05, 4.69) is 0 Å². The molecule has 1 N–H and O–H groups in total. The summed E-state index contributed by atoms with van der Waals surface area (Å²) in [5, 5.41) is 9.99. The minimum absolute atomic E-state index is 0.0894. The molecule has 1 amide bonds. The molecule has 98 valence electrons. The second-order valence-corrected chi connectivity index (χ2v) is 6.29. The van der Waals surface area contributed by atoms with Crippen molar-refractivity contribution >= 4 is 29.3 Å². The Kier molecular flexibility index (Phi) is 4.54. The maximum absolute atomic E-state index is 12.1. The van der Waals surface area contributed by atoms with Crippen LogP contribution in [-0.2, 0) is 4.79 Å². The van der Waals surface area contributed by atoms with E-state index in [9.17, 15) is 9.90 Å². The summed E-state index contributed by atoms with van der Waals surface area (Å²) in [5.41, 5.74) is 0. The van der Waals surface area contributed by atoms with Crippen LogP contribution in [0.2, 0.25) is 5.02 Å². The van der Waals surface area contributed by atoms with Crippen LogP contribution < -0.4 is 0 Å². The molecule has 2 atom stereocenters. The molecule has 0 radical (unpaired) electrons. The van der Waals surface area contributed by atoms with Crippen molar-refractivity contribution in [2.45, 2.75) is 29.6 Å². The Labute approximate surface area is 116 Å². The van der Waals surface area contributed by atoms with Gasteiger partial charge in [-0.3, -0.25) is 4.79 Å². The highest BCUT2D eigenvalue weighted by Crippen LogP contribution is 2.26. The lowest BCUT2D eigenvalue weighted by Crippen LogP contribution is -2.35. The van der Waals surface area contributed by atoms with Gasteiger partial charge in [0, 0.05) is 23.0 Å². The van der Waals surface area contributed by atoms with Gasteiger partial charge in [0.25, 0.3) is 0 Å². The number of amides is 1. The van der Waals surface area contributed by atoms with Crippen LogP contribution in [0.1, 0.15) is 13.3 Å². The summed E-state index contributed by atoms with van der Waals surface area (Å²) in [6.45, 7) is 3.02. The molecule has 2 rings (SSSR count). The Bertz CT molecular complexity index is 424. The lowest BCUT2D eigenvalue weighted by atomic mass is 10.3. The third-order valence-corrected chi connectivity index (χ3v) is 4.30. The second kappa shape index (κ2) is 5.95. The van der Waals surface area contributed by atoms with E-state index < -0.39 is 0 Å². The van der Waals surface area contributed by atoms with Crippen molar-refractivity contribution in [3.8, 4) is 0 Å². The number of likely N-dealkylation sites (tertiary alicyclic amines) is 1. The molecule has 1 fully saturated rings. The Balaban J connectivity index is 1.93. The zero-order chi connectivity index (χ0) is 13.1. The van der Waals surface area contributed by atoms with Gasteiger partial charge in [0.1, 0.15) is 0 Å². The zero-order valence-corrected chi connectivity index (χ0v) is 11.7. The summed E-state index contributed by atoms with van der Waals surface area (Å²) in [7, 11) is 0. The molecule has 1 aromatic carbocycles. The average Bonchev–Trinajstić information content (AvgIpc) is 2.78. The van der Waals surface area contributed by atoms with Gasteiger partial charge >= 0.3 is 0 Å². The third-order valence-electron chi connectivity index (χ3n) is 2.95. The van der Waals surface area contributed by atoms with Crippen LogP contribution in [0.4, 0.5) is 0 Å². The van der Waals surface area contributed by atoms with Crippen molar-refractivity contribution in [3.63, 3.8) is 0 Å². The second-order valence-electron chi connectivity index (χ2n) is 4.44. The first kappa shape index (κ1) is 13.7. The topological polar surface area (TPSA) is 40.5 Å². The molecule has 0 spiro atoms. The van der Waals surface area contributed by atoms with Crippen molar-refractivity contribution in [1.29, 1.82) is 0 Å². The Hall–Kier alpha value is -0.710. The lowest BCUT2D eigenvalue weighted by Gasteiger charge is -2.20. The van der Waals surface area contributed by atoms with E-state index in [0.29, 0.717) is 24.5 Å². The first-order chi connectivity index (χ1) is 8.56. The van der Waals surface area contributed by atoms with Gasteiger partial charge in [-0.05, 0) is 37.6 Å². The van der Waals surface area contributed by atoms with E-state index in [1.54, 1.807) is 4.90 Å². The molecule has 18 heavy (non-hydrogen) atoms. The smallest absolute Gasteiger partial charge is 0.235 e. The molecular weight excluding hydrogens is 270 g/mol. The molecule has 1 aromatic rings. The van der Waals surface area contributed by atoms with Gasteiger partial charge in [0.05, 0.1) is 11.4 Å². The number of β-amino-alcohol motifs (C(OH)–C–C–N with tert-alkyl or cyclic N) is 1. The Morgan fingerprint density at radius 2 is 2.17 bits per heavy atom. The molecule has 0 aromatic heterocycles. The average molecular weight is 286 g/mol. The number of hydrogen-bond acceptors (Lipinski definition) is 3. The van der Waals surface area contributed by atoms with E-state index in [1.807, 2.05) is 31.2 Å². The van der Waals surface area contributed by atoms with Gasteiger partial charge in [-0.15, -0.1) is 11.8 Å². The third kappa shape index (κ3) is 3.40. The van der Waals surface area contributed by atoms with Gasteiger partial charge in [-0.1, -0.05) is 11.6 Å². The van der Waals surface area contributed by atoms with Crippen molar-refractivity contribution in [3.05, 3.63) is 29.3 Å². The fourth-order valence-corrected chi connectivity index (χ4v) is 3.04. The standard InChI is InChI=1S/C13H16ClNO2S/c1-9(13(17)15-7-6-11(16)8-15)18-12-4-2-10(14)3-5-12/h2-5,9,11,16H,6-8H2,1H3. The summed E-state index contributed by atoms with van der Waals surface area (Å²) < 4.78 is 0. The number of aliphatic hydroxyl groups is 1. The van der Waals surface area contributed by atoms with Crippen molar-refractivity contribution in [2.75, 3.05) is 13.1 Å². The molecule has 1 aliphatic heterocycles. The summed E-state index contributed by atoms with van der Waals surface area (Å²) in [5.74, 6) is 0.0894. The number of aliphatic hydroxyl groups excluding tert-OH is 1. The molecule has 3 nitrogen and oxygen atoms in total. The molecule has 1 heterocycles. The minimum Gasteiger partial charge on any atom is -0.391 e. The number of nitrogens with zero attached hydrogens (tertiary/aromatic N) is 1. The van der Waals surface area contributed by atoms with E-state index in [4.69, 9.17) is 11.6 Å². The maximum atomic E-state index is 12.1. The van der Waals surface area contributed by atoms with E-state index in [0.717, 1.165) is 4.90 Å². The SMILES string of the molecule is CC(Sc1ccc(Cl)cc1)C(=O)N1CCC(O)C1. The molecule has 0 aliphatic carbocycles. The van der Waals surface area contributed by atoms with Gasteiger partial charge < -0.3 is 10.0 Å². The van der Waals surface area contributed by atoms with Gasteiger partial charge in [0.15, 0.2) is 0 Å². The van der Waals surface area contributed by atoms with Crippen molar-refractivity contribution in [2.24, 2.45) is 0 Å². The first-order valence-corrected chi connectivity index (χ1v) is 7.21. The van der Waals surface area contributed by atoms with Gasteiger partial charge in [-0.25, -0.2) is 0 Å². The zero-order valence-electron chi connectivity index (χ0n) is 10.2. The number of benzene rings is 1. The number of thioether (sulfide) groups is 1. The van der Waals surface area contributed by atoms with Crippen LogP contribution in [-0.4, -0.2) is 40.4 Å². The van der Waals surface area contributed by atoms with Crippen LogP contribution in [0.3, 0.4) is 0 Å². The highest BCUT2D eigenvalue weighted by atomic mass is 35.5. The normalized spacial score (nSPS) is 21.1. The Morgan fingerprint density at radius 3 is 2.72 bits per heavy atom. The number of rotatable bonds is 3. The Morgan fingerprint density at radius 1 is 1.50 bits per heavy atom. The molecule has 0 bridgehead atoms. The molecule has 1 aliphatic rings. The number of hydrogen-bond donors (Lipinski definition) is 1. The van der Waals surface area contributed by atoms with Crippen LogP contribution in [0.25, 0.3) is 0 Å². The fourth-order valence-electron chi connectivity index (χ4n) is 1.97. The van der Waals surface area contributed by atoms with Crippen LogP contribution >= 0.6 is 23.4 Å². The van der Waals surface area contributed by atoms with E-state index in [1.165, 1.54) is 11.8 Å². The largest absolute Gasteiger partial charge is 0.391 e. The summed E-state index contributed by atoms with van der Waals surface area (Å²) in [6.07, 6.45) is 0.325.